The summed E-state index contributed by atoms with van der Waals surface area (Å²) in [6.45, 7) is 8.17. The normalized spacial score (nSPS) is 26.5. The maximum atomic E-state index is 4.96. The molecule has 4 rings (SSSR count). The van der Waals surface area contributed by atoms with Crippen molar-refractivity contribution in [3.63, 3.8) is 0 Å². The Kier molecular flexibility index (Phi) is 4.07. The van der Waals surface area contributed by atoms with Gasteiger partial charge in [0.25, 0.3) is 0 Å². The number of hydrogen-bond acceptors (Lipinski definition) is 4. The quantitative estimate of drug-likeness (QED) is 0.867. The summed E-state index contributed by atoms with van der Waals surface area (Å²) in [6, 6.07) is 4.63. The van der Waals surface area contributed by atoms with E-state index in [0.717, 1.165) is 30.0 Å². The summed E-state index contributed by atoms with van der Waals surface area (Å²) in [7, 11) is 2.21. The summed E-state index contributed by atoms with van der Waals surface area (Å²) in [5.41, 5.74) is 2.13. The standard InChI is InChI=1S/C18H27N5/c1-3-22-10-6-14(12-22)11-17-20-16-5-4-8-19-18(16)23(17)15-7-9-21(2)13-15/h4-5,8,14-15H,3,6-7,9-13H2,1-2H3. The van der Waals surface area contributed by atoms with Gasteiger partial charge in [0, 0.05) is 25.7 Å². The molecule has 0 aromatic carbocycles. The summed E-state index contributed by atoms with van der Waals surface area (Å²) >= 11 is 0. The van der Waals surface area contributed by atoms with Crippen molar-refractivity contribution in [3.8, 4) is 0 Å². The Labute approximate surface area is 138 Å². The molecule has 2 unspecified atom stereocenters. The minimum Gasteiger partial charge on any atom is -0.308 e. The van der Waals surface area contributed by atoms with Crippen molar-refractivity contribution in [2.75, 3.05) is 39.8 Å². The molecular formula is C18H27N5. The van der Waals surface area contributed by atoms with Crippen molar-refractivity contribution < 1.29 is 0 Å². The highest BCUT2D eigenvalue weighted by Gasteiger charge is 2.28. The van der Waals surface area contributed by atoms with Gasteiger partial charge < -0.3 is 14.4 Å². The van der Waals surface area contributed by atoms with Crippen LogP contribution in [-0.2, 0) is 6.42 Å². The second-order valence-electron chi connectivity index (χ2n) is 7.20. The Morgan fingerprint density at radius 1 is 1.22 bits per heavy atom. The van der Waals surface area contributed by atoms with Gasteiger partial charge in [-0.25, -0.2) is 9.97 Å². The van der Waals surface area contributed by atoms with Gasteiger partial charge in [-0.3, -0.25) is 0 Å². The fourth-order valence-electron chi connectivity index (χ4n) is 4.25. The number of likely N-dealkylation sites (N-methyl/N-ethyl adjacent to an activating group) is 1. The zero-order valence-electron chi connectivity index (χ0n) is 14.3. The van der Waals surface area contributed by atoms with Crippen LogP contribution in [0.4, 0.5) is 0 Å². The van der Waals surface area contributed by atoms with Crippen molar-refractivity contribution in [2.24, 2.45) is 5.92 Å². The third kappa shape index (κ3) is 2.88. The van der Waals surface area contributed by atoms with Crippen molar-refractivity contribution in [1.29, 1.82) is 0 Å². The first kappa shape index (κ1) is 15.1. The average molecular weight is 313 g/mol. The van der Waals surface area contributed by atoms with E-state index >= 15 is 0 Å². The molecule has 0 amide bonds. The molecule has 0 bridgehead atoms. The van der Waals surface area contributed by atoms with Crippen LogP contribution in [0.1, 0.15) is 31.6 Å². The number of fused-ring (bicyclic) bond motifs is 1. The number of nitrogens with zero attached hydrogens (tertiary/aromatic N) is 5. The Balaban J connectivity index is 1.65. The Hall–Kier alpha value is -1.46. The van der Waals surface area contributed by atoms with Crippen LogP contribution in [0.2, 0.25) is 0 Å². The summed E-state index contributed by atoms with van der Waals surface area (Å²) in [4.78, 5) is 14.6. The highest BCUT2D eigenvalue weighted by Crippen LogP contribution is 2.29. The number of hydrogen-bond donors (Lipinski definition) is 0. The van der Waals surface area contributed by atoms with Crippen LogP contribution in [0.5, 0.6) is 0 Å². The number of pyridine rings is 1. The molecule has 5 nitrogen and oxygen atoms in total. The van der Waals surface area contributed by atoms with Gasteiger partial charge >= 0.3 is 0 Å². The molecule has 5 heteroatoms. The minimum atomic E-state index is 0.526. The lowest BCUT2D eigenvalue weighted by atomic mass is 10.0. The van der Waals surface area contributed by atoms with Crippen molar-refractivity contribution in [2.45, 2.75) is 32.2 Å². The second kappa shape index (κ2) is 6.21. The van der Waals surface area contributed by atoms with Crippen LogP contribution in [0.3, 0.4) is 0 Å². The van der Waals surface area contributed by atoms with E-state index in [-0.39, 0.29) is 0 Å². The van der Waals surface area contributed by atoms with Gasteiger partial charge in [-0.1, -0.05) is 6.92 Å². The van der Waals surface area contributed by atoms with Crippen LogP contribution >= 0.6 is 0 Å². The lowest BCUT2D eigenvalue weighted by Crippen LogP contribution is -2.22. The summed E-state index contributed by atoms with van der Waals surface area (Å²) in [6.07, 6.45) is 5.50. The number of aromatic nitrogens is 3. The Morgan fingerprint density at radius 3 is 2.87 bits per heavy atom. The highest BCUT2D eigenvalue weighted by atomic mass is 15.2. The number of rotatable bonds is 4. The fraction of sp³-hybridized carbons (Fsp3) is 0.667. The molecule has 2 aliphatic rings. The molecule has 0 aliphatic carbocycles. The van der Waals surface area contributed by atoms with E-state index in [4.69, 9.17) is 4.98 Å². The van der Waals surface area contributed by atoms with Crippen molar-refractivity contribution in [1.82, 2.24) is 24.3 Å². The Morgan fingerprint density at radius 2 is 2.13 bits per heavy atom. The van der Waals surface area contributed by atoms with Crippen LogP contribution in [-0.4, -0.2) is 64.1 Å². The third-order valence-electron chi connectivity index (χ3n) is 5.54. The highest BCUT2D eigenvalue weighted by molar-refractivity contribution is 5.71. The lowest BCUT2D eigenvalue weighted by Gasteiger charge is -2.18. The fourth-order valence-corrected chi connectivity index (χ4v) is 4.25. The van der Waals surface area contributed by atoms with Crippen molar-refractivity contribution in [3.05, 3.63) is 24.2 Å². The number of likely N-dealkylation sites (tertiary alicyclic amines) is 2. The predicted molar refractivity (Wildman–Crippen MR) is 92.6 cm³/mol. The van der Waals surface area contributed by atoms with Crippen LogP contribution in [0.25, 0.3) is 11.2 Å². The molecule has 23 heavy (non-hydrogen) atoms. The van der Waals surface area contributed by atoms with E-state index in [1.54, 1.807) is 0 Å². The molecule has 2 aliphatic heterocycles. The minimum absolute atomic E-state index is 0.526. The van der Waals surface area contributed by atoms with E-state index in [0.29, 0.717) is 6.04 Å². The van der Waals surface area contributed by atoms with Gasteiger partial charge in [-0.15, -0.1) is 0 Å². The zero-order valence-corrected chi connectivity index (χ0v) is 14.3. The van der Waals surface area contributed by atoms with E-state index < -0.39 is 0 Å². The largest absolute Gasteiger partial charge is 0.308 e. The van der Waals surface area contributed by atoms with Crippen LogP contribution in [0.15, 0.2) is 18.3 Å². The summed E-state index contributed by atoms with van der Waals surface area (Å²) in [5, 5.41) is 0. The molecule has 2 fully saturated rings. The van der Waals surface area contributed by atoms with Crippen LogP contribution < -0.4 is 0 Å². The predicted octanol–water partition coefficient (Wildman–Crippen LogP) is 2.19. The first-order valence-corrected chi connectivity index (χ1v) is 8.97. The molecule has 0 saturated carbocycles. The molecule has 0 N–H and O–H groups in total. The van der Waals surface area contributed by atoms with E-state index in [1.807, 2.05) is 12.3 Å². The van der Waals surface area contributed by atoms with E-state index in [1.165, 1.54) is 44.8 Å². The summed E-state index contributed by atoms with van der Waals surface area (Å²) in [5.74, 6) is 1.99. The van der Waals surface area contributed by atoms with Gasteiger partial charge in [0.05, 0.1) is 6.04 Å². The van der Waals surface area contributed by atoms with E-state index in [2.05, 4.69) is 39.4 Å². The molecule has 2 aromatic rings. The molecular weight excluding hydrogens is 286 g/mol. The molecule has 0 radical (unpaired) electrons. The zero-order chi connectivity index (χ0) is 15.8. The maximum absolute atomic E-state index is 4.96. The van der Waals surface area contributed by atoms with Gasteiger partial charge in [-0.05, 0) is 57.6 Å². The first-order valence-electron chi connectivity index (χ1n) is 8.97. The maximum Gasteiger partial charge on any atom is 0.160 e. The van der Waals surface area contributed by atoms with E-state index in [9.17, 15) is 0 Å². The van der Waals surface area contributed by atoms with Crippen LogP contribution in [0, 0.1) is 5.92 Å². The monoisotopic (exact) mass is 313 g/mol. The third-order valence-corrected chi connectivity index (χ3v) is 5.54. The molecule has 0 spiro atoms. The lowest BCUT2D eigenvalue weighted by molar-refractivity contribution is 0.339. The van der Waals surface area contributed by atoms with Crippen molar-refractivity contribution >= 4 is 11.2 Å². The smallest absolute Gasteiger partial charge is 0.160 e. The Bertz CT molecular complexity index is 679. The van der Waals surface area contributed by atoms with Gasteiger partial charge in [0.1, 0.15) is 11.3 Å². The van der Waals surface area contributed by atoms with Gasteiger partial charge in [-0.2, -0.15) is 0 Å². The second-order valence-corrected chi connectivity index (χ2v) is 7.20. The molecule has 2 atom stereocenters. The first-order chi connectivity index (χ1) is 11.2. The topological polar surface area (TPSA) is 37.2 Å². The summed E-state index contributed by atoms with van der Waals surface area (Å²) < 4.78 is 2.45. The van der Waals surface area contributed by atoms with Gasteiger partial charge in [0.2, 0.25) is 0 Å². The average Bonchev–Trinajstić information content (AvgIpc) is 3.25. The number of imidazole rings is 1. The molecule has 124 valence electrons. The SMILES string of the molecule is CCN1CCC(Cc2nc3cccnc3n2C2CCN(C)C2)C1. The molecule has 2 saturated heterocycles. The van der Waals surface area contributed by atoms with Gasteiger partial charge in [0.15, 0.2) is 5.65 Å². The molecule has 4 heterocycles. The molecule has 2 aromatic heterocycles.